The van der Waals surface area contributed by atoms with Crippen LogP contribution in [0.4, 0.5) is 52.0 Å². The summed E-state index contributed by atoms with van der Waals surface area (Å²) in [4.78, 5) is 18.8. The van der Waals surface area contributed by atoms with E-state index in [1.165, 1.54) is 0 Å². The van der Waals surface area contributed by atoms with Gasteiger partial charge in [-0.3, -0.25) is 4.90 Å². The first-order chi connectivity index (χ1) is 19.7. The number of hydrogen-bond acceptors (Lipinski definition) is 9. The van der Waals surface area contributed by atoms with E-state index in [-0.39, 0.29) is 0 Å². The number of hydrogen-bond donors (Lipinski definition) is 3. The van der Waals surface area contributed by atoms with E-state index in [0.717, 1.165) is 28.4 Å². The number of morpholine rings is 1. The molecule has 0 atom stereocenters. The van der Waals surface area contributed by atoms with Crippen molar-refractivity contribution in [2.75, 3.05) is 52.5 Å². The minimum absolute atomic E-state index is 0.449. The van der Waals surface area contributed by atoms with Crippen molar-refractivity contribution in [2.24, 2.45) is 0 Å². The van der Waals surface area contributed by atoms with Crippen LogP contribution in [0.3, 0.4) is 0 Å². The van der Waals surface area contributed by atoms with Gasteiger partial charge in [-0.1, -0.05) is 48.5 Å². The van der Waals surface area contributed by atoms with Crippen LogP contribution in [0.1, 0.15) is 0 Å². The Morgan fingerprint density at radius 3 is 1.90 bits per heavy atom. The van der Waals surface area contributed by atoms with E-state index in [0.29, 0.717) is 49.8 Å². The molecule has 0 unspecified atom stereocenters. The molecule has 9 nitrogen and oxygen atoms in total. The Morgan fingerprint density at radius 2 is 1.25 bits per heavy atom. The molecule has 1 aliphatic heterocycles. The number of para-hydroxylation sites is 2. The van der Waals surface area contributed by atoms with Crippen LogP contribution in [0, 0.1) is 0 Å². The fourth-order valence-corrected chi connectivity index (χ4v) is 4.54. The second-order valence-corrected chi connectivity index (χ2v) is 9.32. The largest absolute Gasteiger partial charge is 0.399 e. The fraction of sp³-hybridized carbons (Fsp3) is 0.129. The molecule has 1 saturated heterocycles. The van der Waals surface area contributed by atoms with Crippen molar-refractivity contribution >= 4 is 52.0 Å². The van der Waals surface area contributed by atoms with Gasteiger partial charge in [0, 0.05) is 47.2 Å². The summed E-state index contributed by atoms with van der Waals surface area (Å²) >= 11 is 0. The van der Waals surface area contributed by atoms with Crippen molar-refractivity contribution in [2.45, 2.75) is 0 Å². The highest BCUT2D eigenvalue weighted by Crippen LogP contribution is 2.33. The Hall–Kier alpha value is -5.15. The van der Waals surface area contributed by atoms with Crippen LogP contribution in [0.25, 0.3) is 0 Å². The molecule has 2 heterocycles. The monoisotopic (exact) mass is 530 g/mol. The molecule has 4 aromatic carbocycles. The third-order valence-corrected chi connectivity index (χ3v) is 6.43. The van der Waals surface area contributed by atoms with Crippen LogP contribution in [0.5, 0.6) is 0 Å². The number of nitrogens with zero attached hydrogens (tertiary/aromatic N) is 5. The van der Waals surface area contributed by atoms with E-state index >= 15 is 0 Å². The Morgan fingerprint density at radius 1 is 0.650 bits per heavy atom. The Labute approximate surface area is 233 Å². The molecule has 4 N–H and O–H groups in total. The topological polar surface area (TPSA) is 104 Å². The summed E-state index contributed by atoms with van der Waals surface area (Å²) in [6.45, 7) is 2.67. The van der Waals surface area contributed by atoms with Gasteiger partial charge in [-0.2, -0.15) is 15.0 Å². The van der Waals surface area contributed by atoms with Crippen molar-refractivity contribution in [1.29, 1.82) is 0 Å². The van der Waals surface area contributed by atoms with Crippen LogP contribution >= 0.6 is 0 Å². The van der Waals surface area contributed by atoms with Gasteiger partial charge in [-0.15, -0.1) is 0 Å². The maximum Gasteiger partial charge on any atom is 0.241 e. The molecule has 9 heteroatoms. The minimum atomic E-state index is 0.449. The molecule has 200 valence electrons. The zero-order valence-corrected chi connectivity index (χ0v) is 21.9. The Balaban J connectivity index is 1.38. The lowest BCUT2D eigenvalue weighted by Crippen LogP contribution is -2.37. The van der Waals surface area contributed by atoms with Crippen LogP contribution in [-0.2, 0) is 4.74 Å². The van der Waals surface area contributed by atoms with Crippen LogP contribution in [-0.4, -0.2) is 41.3 Å². The quantitative estimate of drug-likeness (QED) is 0.201. The van der Waals surface area contributed by atoms with Crippen molar-refractivity contribution in [3.05, 3.63) is 109 Å². The first-order valence-corrected chi connectivity index (χ1v) is 13.2. The lowest BCUT2D eigenvalue weighted by molar-refractivity contribution is 0.122. The second kappa shape index (κ2) is 11.7. The average molecular weight is 531 g/mol. The van der Waals surface area contributed by atoms with Crippen LogP contribution in [0.2, 0.25) is 0 Å². The number of anilines is 9. The van der Waals surface area contributed by atoms with E-state index in [4.69, 9.17) is 25.4 Å². The van der Waals surface area contributed by atoms with Gasteiger partial charge in [0.25, 0.3) is 0 Å². The highest BCUT2D eigenvalue weighted by atomic mass is 16.5. The number of nitrogen functional groups attached to an aromatic ring is 1. The van der Waals surface area contributed by atoms with Gasteiger partial charge in [0.2, 0.25) is 17.8 Å². The van der Waals surface area contributed by atoms with E-state index in [9.17, 15) is 0 Å². The Kier molecular flexibility index (Phi) is 7.36. The normalized spacial score (nSPS) is 13.1. The van der Waals surface area contributed by atoms with E-state index in [1.54, 1.807) is 0 Å². The Bertz CT molecular complexity index is 1520. The number of nitrogens with two attached hydrogens (primary N) is 1. The molecular weight excluding hydrogens is 500 g/mol. The number of ether oxygens (including phenoxy) is 1. The van der Waals surface area contributed by atoms with E-state index < -0.39 is 0 Å². The third kappa shape index (κ3) is 5.95. The summed E-state index contributed by atoms with van der Waals surface area (Å²) in [5.74, 6) is 1.57. The number of rotatable bonds is 8. The molecule has 1 fully saturated rings. The molecule has 1 aliphatic rings. The summed E-state index contributed by atoms with van der Waals surface area (Å²) in [6, 6.07) is 35.8. The summed E-state index contributed by atoms with van der Waals surface area (Å²) in [5.41, 5.74) is 11.2. The average Bonchev–Trinajstić information content (AvgIpc) is 2.99. The molecule has 0 bridgehead atoms. The number of aromatic nitrogens is 3. The zero-order chi connectivity index (χ0) is 27.1. The minimum Gasteiger partial charge on any atom is -0.399 e. The highest BCUT2D eigenvalue weighted by molar-refractivity contribution is 5.74. The summed E-state index contributed by atoms with van der Waals surface area (Å²) < 4.78 is 5.58. The van der Waals surface area contributed by atoms with Gasteiger partial charge < -0.3 is 26.0 Å². The van der Waals surface area contributed by atoms with Gasteiger partial charge in [0.1, 0.15) is 0 Å². The predicted octanol–water partition coefficient (Wildman–Crippen LogP) is 6.25. The second-order valence-electron chi connectivity index (χ2n) is 9.32. The number of benzene rings is 4. The maximum absolute atomic E-state index is 5.95. The molecular formula is C31H30N8O. The molecule has 1 aromatic heterocycles. The molecule has 0 radical (unpaired) electrons. The van der Waals surface area contributed by atoms with Crippen molar-refractivity contribution in [3.63, 3.8) is 0 Å². The maximum atomic E-state index is 5.95. The molecule has 0 spiro atoms. The van der Waals surface area contributed by atoms with Gasteiger partial charge in [-0.25, -0.2) is 0 Å². The first-order valence-electron chi connectivity index (χ1n) is 13.2. The van der Waals surface area contributed by atoms with Crippen molar-refractivity contribution in [1.82, 2.24) is 15.0 Å². The molecule has 0 aliphatic carbocycles. The smallest absolute Gasteiger partial charge is 0.241 e. The van der Waals surface area contributed by atoms with Gasteiger partial charge in [0.15, 0.2) is 0 Å². The van der Waals surface area contributed by atoms with Gasteiger partial charge in [0.05, 0.1) is 13.2 Å². The standard InChI is InChI=1S/C31H30N8O/c32-23-9-7-10-24(21-23)33-25-11-8-12-26(22-25)34-29-35-30(38-17-19-40-20-18-38)37-31(36-29)39(27-13-3-1-4-14-27)28-15-5-2-6-16-28/h1-16,21-22,33H,17-20,32H2,(H,34,35,36,37). The highest BCUT2D eigenvalue weighted by Gasteiger charge is 2.21. The lowest BCUT2D eigenvalue weighted by Gasteiger charge is -2.29. The molecule has 5 aromatic rings. The van der Waals surface area contributed by atoms with Crippen LogP contribution < -0.4 is 26.2 Å². The molecule has 6 rings (SSSR count). The third-order valence-electron chi connectivity index (χ3n) is 6.43. The predicted molar refractivity (Wildman–Crippen MR) is 161 cm³/mol. The van der Waals surface area contributed by atoms with E-state index in [1.807, 2.05) is 114 Å². The number of nitrogens with one attached hydrogen (secondary N) is 2. The van der Waals surface area contributed by atoms with Crippen molar-refractivity contribution < 1.29 is 4.74 Å². The zero-order valence-electron chi connectivity index (χ0n) is 21.9. The van der Waals surface area contributed by atoms with Gasteiger partial charge in [-0.05, 0) is 60.7 Å². The molecule has 0 amide bonds. The summed E-state index contributed by atoms with van der Waals surface area (Å²) in [7, 11) is 0. The summed E-state index contributed by atoms with van der Waals surface area (Å²) in [6.07, 6.45) is 0. The molecule has 0 saturated carbocycles. The molecule has 40 heavy (non-hydrogen) atoms. The SMILES string of the molecule is Nc1cccc(Nc2cccc(Nc3nc(N4CCOCC4)nc(N(c4ccccc4)c4ccccc4)n3)c2)c1. The van der Waals surface area contributed by atoms with Crippen LogP contribution in [0.15, 0.2) is 109 Å². The van der Waals surface area contributed by atoms with E-state index in [2.05, 4.69) is 15.5 Å². The lowest BCUT2D eigenvalue weighted by atomic mass is 10.2. The van der Waals surface area contributed by atoms with Gasteiger partial charge >= 0.3 is 0 Å². The fourth-order valence-electron chi connectivity index (χ4n) is 4.54. The first kappa shape index (κ1) is 25.1. The van der Waals surface area contributed by atoms with Crippen molar-refractivity contribution in [3.8, 4) is 0 Å². The summed E-state index contributed by atoms with van der Waals surface area (Å²) in [5, 5.41) is 6.81.